The summed E-state index contributed by atoms with van der Waals surface area (Å²) >= 11 is 0. The Hall–Kier alpha value is -2.80. The van der Waals surface area contributed by atoms with Crippen molar-refractivity contribution >= 4 is 11.9 Å². The van der Waals surface area contributed by atoms with Crippen molar-refractivity contribution in [3.8, 4) is 5.75 Å². The zero-order chi connectivity index (χ0) is 19.8. The molecule has 0 aromatic heterocycles. The van der Waals surface area contributed by atoms with Crippen LogP contribution in [-0.4, -0.2) is 44.2 Å². The van der Waals surface area contributed by atoms with Gasteiger partial charge in [0.2, 0.25) is 6.29 Å². The summed E-state index contributed by atoms with van der Waals surface area (Å²) in [5, 5.41) is 9.28. The summed E-state index contributed by atoms with van der Waals surface area (Å²) in [4.78, 5) is 24.3. The first kappa shape index (κ1) is 20.5. The summed E-state index contributed by atoms with van der Waals surface area (Å²) in [5.41, 5.74) is 1.85. The molecule has 2 rings (SSSR count). The van der Waals surface area contributed by atoms with E-state index in [2.05, 4.69) is 0 Å². The number of aromatic hydroxyl groups is 1. The van der Waals surface area contributed by atoms with Crippen molar-refractivity contribution in [1.82, 2.24) is 0 Å². The van der Waals surface area contributed by atoms with Crippen molar-refractivity contribution in [2.45, 2.75) is 26.1 Å². The minimum absolute atomic E-state index is 0.0284. The van der Waals surface area contributed by atoms with Crippen LogP contribution in [0, 0.1) is 5.92 Å². The number of carbonyl (C=O) groups is 2. The van der Waals surface area contributed by atoms with Gasteiger partial charge in [0.1, 0.15) is 5.75 Å². The molecule has 2 atom stereocenters. The van der Waals surface area contributed by atoms with Gasteiger partial charge in [0, 0.05) is 25.0 Å². The van der Waals surface area contributed by atoms with Gasteiger partial charge in [-0.1, -0.05) is 18.2 Å². The van der Waals surface area contributed by atoms with E-state index in [1.807, 2.05) is 0 Å². The fourth-order valence-electron chi connectivity index (χ4n) is 2.88. The third-order valence-corrected chi connectivity index (χ3v) is 4.30. The molecular weight excluding hydrogens is 352 g/mol. The van der Waals surface area contributed by atoms with Crippen LogP contribution in [0.25, 0.3) is 0 Å². The van der Waals surface area contributed by atoms with E-state index in [9.17, 15) is 14.7 Å². The van der Waals surface area contributed by atoms with Crippen molar-refractivity contribution in [3.05, 3.63) is 53.3 Å². The molecule has 0 aliphatic carbocycles. The highest BCUT2D eigenvalue weighted by Gasteiger charge is 2.36. The summed E-state index contributed by atoms with van der Waals surface area (Å²) in [5.74, 6) is -1.36. The smallest absolute Gasteiger partial charge is 0.337 e. The molecule has 1 N–H and O–H groups in total. The molecule has 7 heteroatoms. The van der Waals surface area contributed by atoms with Gasteiger partial charge < -0.3 is 24.1 Å². The number of benzene rings is 1. The predicted octanol–water partition coefficient (Wildman–Crippen LogP) is 2.49. The maximum absolute atomic E-state index is 12.3. The minimum Gasteiger partial charge on any atom is -0.508 e. The van der Waals surface area contributed by atoms with Gasteiger partial charge in [0.15, 0.2) is 0 Å². The first-order chi connectivity index (χ1) is 13.0. The Morgan fingerprint density at radius 3 is 2.52 bits per heavy atom. The lowest BCUT2D eigenvalue weighted by Crippen LogP contribution is -2.32. The van der Waals surface area contributed by atoms with Gasteiger partial charge in [-0.15, -0.1) is 0 Å². The quantitative estimate of drug-likeness (QED) is 0.577. The Balaban J connectivity index is 2.00. The first-order valence-corrected chi connectivity index (χ1v) is 8.56. The molecular formula is C20H24O7. The molecule has 1 heterocycles. The van der Waals surface area contributed by atoms with E-state index < -0.39 is 24.1 Å². The number of esters is 2. The average molecular weight is 376 g/mol. The van der Waals surface area contributed by atoms with Crippen LogP contribution in [0.4, 0.5) is 0 Å². The van der Waals surface area contributed by atoms with Gasteiger partial charge in [-0.2, -0.15) is 0 Å². The molecule has 0 spiro atoms. The number of rotatable bonds is 7. The first-order valence-electron chi connectivity index (χ1n) is 8.56. The maximum Gasteiger partial charge on any atom is 0.337 e. The van der Waals surface area contributed by atoms with Crippen LogP contribution in [0.15, 0.2) is 47.7 Å². The van der Waals surface area contributed by atoms with E-state index in [0.717, 1.165) is 5.56 Å². The molecule has 0 saturated carbocycles. The second-order valence-electron chi connectivity index (χ2n) is 5.95. The highest BCUT2D eigenvalue weighted by atomic mass is 16.7. The van der Waals surface area contributed by atoms with E-state index in [0.29, 0.717) is 12.0 Å². The van der Waals surface area contributed by atoms with Crippen LogP contribution < -0.4 is 0 Å². The van der Waals surface area contributed by atoms with Crippen LogP contribution in [0.5, 0.6) is 5.75 Å². The predicted molar refractivity (Wildman–Crippen MR) is 96.6 cm³/mol. The van der Waals surface area contributed by atoms with Gasteiger partial charge in [0.05, 0.1) is 32.0 Å². The molecule has 0 bridgehead atoms. The topological polar surface area (TPSA) is 91.3 Å². The maximum atomic E-state index is 12.3. The van der Waals surface area contributed by atoms with E-state index >= 15 is 0 Å². The van der Waals surface area contributed by atoms with Crippen LogP contribution in [0.3, 0.4) is 0 Å². The Morgan fingerprint density at radius 2 is 1.93 bits per heavy atom. The molecule has 1 aromatic carbocycles. The number of ether oxygens (including phenoxy) is 4. The Morgan fingerprint density at radius 1 is 1.22 bits per heavy atom. The standard InChI is InChI=1S/C20H24O7/c1-4-15-16(17(19(23)24-2)12-27-20(15)25-3)11-18(22)26-10-9-13-5-7-14(21)8-6-13/h4-8,12,16,20-21H,9-11H2,1-3H3/b15-4-/t16-,20+/m0/s1. The van der Waals surface area contributed by atoms with Crippen molar-refractivity contribution in [2.24, 2.45) is 5.92 Å². The van der Waals surface area contributed by atoms with Gasteiger partial charge in [-0.25, -0.2) is 4.79 Å². The SMILES string of the molecule is C/C=C1\[C@H](OC)OC=C(C(=O)OC)[C@H]1CC(=O)OCCc1ccc(O)cc1. The second kappa shape index (κ2) is 9.78. The van der Waals surface area contributed by atoms with E-state index in [-0.39, 0.29) is 24.4 Å². The van der Waals surface area contributed by atoms with Gasteiger partial charge in [-0.05, 0) is 24.6 Å². The van der Waals surface area contributed by atoms with Crippen LogP contribution in [-0.2, 0) is 35.0 Å². The minimum atomic E-state index is -0.668. The summed E-state index contributed by atoms with van der Waals surface area (Å²) in [6.07, 6.45) is 2.87. The molecule has 0 saturated heterocycles. The lowest BCUT2D eigenvalue weighted by Gasteiger charge is -2.30. The normalized spacial score (nSPS) is 20.6. The second-order valence-corrected chi connectivity index (χ2v) is 5.95. The van der Waals surface area contributed by atoms with Crippen LogP contribution in [0.1, 0.15) is 18.9 Å². The number of hydrogen-bond acceptors (Lipinski definition) is 7. The average Bonchev–Trinajstić information content (AvgIpc) is 2.68. The Labute approximate surface area is 158 Å². The van der Waals surface area contributed by atoms with Gasteiger partial charge >= 0.3 is 11.9 Å². The summed E-state index contributed by atoms with van der Waals surface area (Å²) in [6, 6.07) is 6.69. The van der Waals surface area contributed by atoms with Crippen molar-refractivity contribution in [3.63, 3.8) is 0 Å². The largest absolute Gasteiger partial charge is 0.508 e. The molecule has 27 heavy (non-hydrogen) atoms. The molecule has 1 aromatic rings. The fraction of sp³-hybridized carbons (Fsp3) is 0.400. The lowest BCUT2D eigenvalue weighted by atomic mass is 9.86. The zero-order valence-electron chi connectivity index (χ0n) is 15.6. The zero-order valence-corrected chi connectivity index (χ0v) is 15.6. The van der Waals surface area contributed by atoms with Crippen molar-refractivity contribution in [2.75, 3.05) is 20.8 Å². The molecule has 1 aliphatic rings. The third-order valence-electron chi connectivity index (χ3n) is 4.30. The number of methoxy groups -OCH3 is 2. The highest BCUT2D eigenvalue weighted by molar-refractivity contribution is 5.90. The van der Waals surface area contributed by atoms with E-state index in [1.54, 1.807) is 37.3 Å². The number of phenolic OH excluding ortho intramolecular Hbond substituents is 1. The fourth-order valence-corrected chi connectivity index (χ4v) is 2.88. The molecule has 7 nitrogen and oxygen atoms in total. The summed E-state index contributed by atoms with van der Waals surface area (Å²) < 4.78 is 20.8. The summed E-state index contributed by atoms with van der Waals surface area (Å²) in [7, 11) is 2.76. The molecule has 0 fully saturated rings. The number of hydrogen-bond donors (Lipinski definition) is 1. The number of phenols is 1. The van der Waals surface area contributed by atoms with Crippen molar-refractivity contribution in [1.29, 1.82) is 0 Å². The van der Waals surface area contributed by atoms with Crippen LogP contribution in [0.2, 0.25) is 0 Å². The van der Waals surface area contributed by atoms with Crippen LogP contribution >= 0.6 is 0 Å². The third kappa shape index (κ3) is 5.34. The lowest BCUT2D eigenvalue weighted by molar-refractivity contribution is -0.145. The van der Waals surface area contributed by atoms with Gasteiger partial charge in [0.25, 0.3) is 0 Å². The monoisotopic (exact) mass is 376 g/mol. The van der Waals surface area contributed by atoms with Crippen molar-refractivity contribution < 1.29 is 33.6 Å². The Kier molecular flexibility index (Phi) is 7.43. The Bertz CT molecular complexity index is 718. The highest BCUT2D eigenvalue weighted by Crippen LogP contribution is 2.34. The molecule has 0 unspecified atom stereocenters. The number of allylic oxidation sites excluding steroid dienone is 1. The number of carbonyl (C=O) groups excluding carboxylic acids is 2. The molecule has 1 aliphatic heterocycles. The summed E-state index contributed by atoms with van der Waals surface area (Å²) in [6.45, 7) is 1.98. The van der Waals surface area contributed by atoms with Gasteiger partial charge in [-0.3, -0.25) is 4.79 Å². The molecule has 0 radical (unpaired) electrons. The molecule has 146 valence electrons. The van der Waals surface area contributed by atoms with E-state index in [4.69, 9.17) is 18.9 Å². The van der Waals surface area contributed by atoms with E-state index in [1.165, 1.54) is 20.5 Å². The molecule has 0 amide bonds.